The summed E-state index contributed by atoms with van der Waals surface area (Å²) in [6, 6.07) is 7.39. The summed E-state index contributed by atoms with van der Waals surface area (Å²) >= 11 is 6.05. The highest BCUT2D eigenvalue weighted by atomic mass is 35.5. The lowest BCUT2D eigenvalue weighted by Crippen LogP contribution is -2.06. The van der Waals surface area contributed by atoms with E-state index in [2.05, 4.69) is 5.10 Å². The quantitative estimate of drug-likeness (QED) is 0.639. The first kappa shape index (κ1) is 12.0. The Morgan fingerprint density at radius 3 is 2.84 bits per heavy atom. The lowest BCUT2D eigenvalue weighted by atomic mass is 10.1. The summed E-state index contributed by atoms with van der Waals surface area (Å²) in [6.45, 7) is 3.25. The van der Waals surface area contributed by atoms with Gasteiger partial charge < -0.3 is 4.74 Å². The van der Waals surface area contributed by atoms with Gasteiger partial charge in [-0.25, -0.2) is 4.52 Å². The molecule has 4 nitrogen and oxygen atoms in total. The first-order chi connectivity index (χ1) is 9.08. The van der Waals surface area contributed by atoms with Crippen LogP contribution in [0.15, 0.2) is 30.5 Å². The van der Waals surface area contributed by atoms with Gasteiger partial charge in [0, 0.05) is 22.7 Å². The van der Waals surface area contributed by atoms with Crippen molar-refractivity contribution in [1.82, 2.24) is 9.61 Å². The van der Waals surface area contributed by atoms with Crippen molar-refractivity contribution in [2.24, 2.45) is 0 Å². The minimum absolute atomic E-state index is 0.356. The van der Waals surface area contributed by atoms with Gasteiger partial charge in [0.1, 0.15) is 0 Å². The summed E-state index contributed by atoms with van der Waals surface area (Å²) in [7, 11) is 0. The van der Waals surface area contributed by atoms with Gasteiger partial charge in [0.05, 0.1) is 17.4 Å². The Kier molecular flexibility index (Phi) is 2.68. The summed E-state index contributed by atoms with van der Waals surface area (Å²) in [6.07, 6.45) is 1.71. The minimum Gasteiger partial charge on any atom is -0.424 e. The van der Waals surface area contributed by atoms with Crippen LogP contribution in [0.2, 0.25) is 5.02 Å². The number of fused-ring (bicyclic) bond motifs is 3. The van der Waals surface area contributed by atoms with Gasteiger partial charge in [0.25, 0.3) is 0 Å². The highest BCUT2D eigenvalue weighted by Crippen LogP contribution is 2.34. The first-order valence-electron chi connectivity index (χ1n) is 5.82. The SMILES string of the molecule is CC(=O)Oc1c(C)n2nccc2c2cc(Cl)ccc12. The van der Waals surface area contributed by atoms with E-state index in [1.807, 2.05) is 25.1 Å². The molecule has 3 aromatic rings. The number of esters is 1. The lowest BCUT2D eigenvalue weighted by molar-refractivity contribution is -0.131. The van der Waals surface area contributed by atoms with Crippen LogP contribution in [0.25, 0.3) is 16.3 Å². The zero-order valence-corrected chi connectivity index (χ0v) is 11.2. The van der Waals surface area contributed by atoms with Crippen molar-refractivity contribution in [3.63, 3.8) is 0 Å². The standard InChI is InChI=1S/C14H11ClN2O2/c1-8-14(19-9(2)18)11-4-3-10(15)7-12(11)13-5-6-16-17(8)13/h3-7H,1-2H3. The summed E-state index contributed by atoms with van der Waals surface area (Å²) in [5.74, 6) is 0.168. The highest BCUT2D eigenvalue weighted by Gasteiger charge is 2.15. The van der Waals surface area contributed by atoms with Gasteiger partial charge in [-0.1, -0.05) is 11.6 Å². The average molecular weight is 275 g/mol. The maximum absolute atomic E-state index is 11.3. The number of ether oxygens (including phenoxy) is 1. The van der Waals surface area contributed by atoms with Crippen LogP contribution in [0, 0.1) is 6.92 Å². The van der Waals surface area contributed by atoms with E-state index < -0.39 is 0 Å². The smallest absolute Gasteiger partial charge is 0.308 e. The summed E-state index contributed by atoms with van der Waals surface area (Å²) < 4.78 is 7.08. The van der Waals surface area contributed by atoms with Crippen LogP contribution in [-0.4, -0.2) is 15.6 Å². The first-order valence-corrected chi connectivity index (χ1v) is 6.19. The molecule has 0 N–H and O–H groups in total. The molecule has 3 rings (SSSR count). The van der Waals surface area contributed by atoms with Gasteiger partial charge in [-0.15, -0.1) is 0 Å². The van der Waals surface area contributed by atoms with Crippen molar-refractivity contribution in [3.8, 4) is 5.75 Å². The Balaban J connectivity index is 2.49. The van der Waals surface area contributed by atoms with Crippen LogP contribution in [0.3, 0.4) is 0 Å². The molecule has 0 spiro atoms. The highest BCUT2D eigenvalue weighted by molar-refractivity contribution is 6.31. The van der Waals surface area contributed by atoms with Crippen molar-refractivity contribution in [1.29, 1.82) is 0 Å². The second-order valence-corrected chi connectivity index (χ2v) is 4.76. The maximum atomic E-state index is 11.3. The Hall–Kier alpha value is -2.07. The zero-order chi connectivity index (χ0) is 13.6. The fraction of sp³-hybridized carbons (Fsp3) is 0.143. The lowest BCUT2D eigenvalue weighted by Gasteiger charge is -2.12. The fourth-order valence-electron chi connectivity index (χ4n) is 2.26. The second-order valence-electron chi connectivity index (χ2n) is 4.33. The fourth-order valence-corrected chi connectivity index (χ4v) is 2.44. The van der Waals surface area contributed by atoms with Crippen molar-refractivity contribution in [3.05, 3.63) is 41.2 Å². The molecule has 0 amide bonds. The molecule has 0 fully saturated rings. The van der Waals surface area contributed by atoms with Crippen LogP contribution in [0.4, 0.5) is 0 Å². The second kappa shape index (κ2) is 4.24. The van der Waals surface area contributed by atoms with E-state index in [0.717, 1.165) is 22.0 Å². The third-order valence-corrected chi connectivity index (χ3v) is 3.27. The molecule has 0 atom stereocenters. The van der Waals surface area contributed by atoms with Gasteiger partial charge in [-0.3, -0.25) is 4.79 Å². The molecule has 0 radical (unpaired) electrons. The molecule has 0 aliphatic rings. The number of halogens is 1. The van der Waals surface area contributed by atoms with E-state index in [1.165, 1.54) is 6.92 Å². The molecule has 96 valence electrons. The van der Waals surface area contributed by atoms with E-state index in [1.54, 1.807) is 16.8 Å². The number of hydrogen-bond acceptors (Lipinski definition) is 3. The van der Waals surface area contributed by atoms with Gasteiger partial charge in [-0.05, 0) is 31.2 Å². The summed E-state index contributed by atoms with van der Waals surface area (Å²) in [4.78, 5) is 11.3. The van der Waals surface area contributed by atoms with Gasteiger partial charge >= 0.3 is 5.97 Å². The number of pyridine rings is 1. The number of hydrogen-bond donors (Lipinski definition) is 0. The van der Waals surface area contributed by atoms with E-state index in [9.17, 15) is 4.79 Å². The third-order valence-electron chi connectivity index (χ3n) is 3.04. The van der Waals surface area contributed by atoms with Crippen LogP contribution in [0.5, 0.6) is 5.75 Å². The molecule has 0 aliphatic carbocycles. The maximum Gasteiger partial charge on any atom is 0.308 e. The predicted octanol–water partition coefficient (Wildman–Crippen LogP) is 3.37. The minimum atomic E-state index is -0.356. The van der Waals surface area contributed by atoms with Crippen LogP contribution < -0.4 is 4.74 Å². The number of rotatable bonds is 1. The molecule has 0 saturated heterocycles. The van der Waals surface area contributed by atoms with Crippen molar-refractivity contribution >= 4 is 33.9 Å². The summed E-state index contributed by atoms with van der Waals surface area (Å²) in [5.41, 5.74) is 1.72. The Labute approximate surface area is 114 Å². The Bertz CT molecular complexity index is 808. The molecule has 0 aliphatic heterocycles. The molecular formula is C14H11ClN2O2. The molecular weight excluding hydrogens is 264 g/mol. The van der Waals surface area contributed by atoms with Crippen LogP contribution in [-0.2, 0) is 4.79 Å². The van der Waals surface area contributed by atoms with Gasteiger partial charge in [0.2, 0.25) is 0 Å². The largest absolute Gasteiger partial charge is 0.424 e. The number of benzene rings is 1. The number of nitrogens with zero attached hydrogens (tertiary/aromatic N) is 2. The number of aromatic nitrogens is 2. The molecule has 1 aromatic carbocycles. The van der Waals surface area contributed by atoms with E-state index in [0.29, 0.717) is 10.8 Å². The van der Waals surface area contributed by atoms with Crippen molar-refractivity contribution in [2.75, 3.05) is 0 Å². The molecule has 0 unspecified atom stereocenters. The van der Waals surface area contributed by atoms with Crippen molar-refractivity contribution in [2.45, 2.75) is 13.8 Å². The predicted molar refractivity (Wildman–Crippen MR) is 73.8 cm³/mol. The van der Waals surface area contributed by atoms with Gasteiger partial charge in [0.15, 0.2) is 5.75 Å². The van der Waals surface area contributed by atoms with Crippen molar-refractivity contribution < 1.29 is 9.53 Å². The summed E-state index contributed by atoms with van der Waals surface area (Å²) in [5, 5.41) is 6.64. The van der Waals surface area contributed by atoms with E-state index in [4.69, 9.17) is 16.3 Å². The Morgan fingerprint density at radius 2 is 2.11 bits per heavy atom. The molecule has 0 saturated carbocycles. The Morgan fingerprint density at radius 1 is 1.32 bits per heavy atom. The normalized spacial score (nSPS) is 11.1. The molecule has 0 bridgehead atoms. The monoisotopic (exact) mass is 274 g/mol. The van der Waals surface area contributed by atoms with Crippen LogP contribution in [0.1, 0.15) is 12.6 Å². The topological polar surface area (TPSA) is 43.6 Å². The number of carbonyl (C=O) groups excluding carboxylic acids is 1. The molecule has 2 aromatic heterocycles. The van der Waals surface area contributed by atoms with Gasteiger partial charge in [-0.2, -0.15) is 5.10 Å². The van der Waals surface area contributed by atoms with Crippen LogP contribution >= 0.6 is 11.6 Å². The molecule has 19 heavy (non-hydrogen) atoms. The van der Waals surface area contributed by atoms with E-state index in [-0.39, 0.29) is 5.97 Å². The average Bonchev–Trinajstić information content (AvgIpc) is 2.83. The van der Waals surface area contributed by atoms with E-state index >= 15 is 0 Å². The number of aryl methyl sites for hydroxylation is 1. The zero-order valence-electron chi connectivity index (χ0n) is 10.5. The molecule has 2 heterocycles. The number of carbonyl (C=O) groups is 1. The molecule has 5 heteroatoms. The third kappa shape index (κ3) is 1.85.